The van der Waals surface area contributed by atoms with Crippen LogP contribution in [0.3, 0.4) is 0 Å². The van der Waals surface area contributed by atoms with Crippen LogP contribution in [0.4, 0.5) is 0 Å². The van der Waals surface area contributed by atoms with Crippen LogP contribution >= 0.6 is 11.6 Å². The summed E-state index contributed by atoms with van der Waals surface area (Å²) in [7, 11) is 0. The molecule has 0 radical (unpaired) electrons. The van der Waals surface area contributed by atoms with Crippen molar-refractivity contribution in [2.75, 3.05) is 0 Å². The SMILES string of the molecule is O=Cc1cc2oc(Cl)cc2cc1O. The van der Waals surface area contributed by atoms with Gasteiger partial charge in [-0.2, -0.15) is 0 Å². The molecule has 0 bridgehead atoms. The summed E-state index contributed by atoms with van der Waals surface area (Å²) in [5.41, 5.74) is 0.684. The fourth-order valence-corrected chi connectivity index (χ4v) is 1.35. The molecule has 0 unspecified atom stereocenters. The molecule has 0 aliphatic carbocycles. The topological polar surface area (TPSA) is 50.4 Å². The number of carbonyl (C=O) groups is 1. The summed E-state index contributed by atoms with van der Waals surface area (Å²) in [4.78, 5) is 10.4. The third-order valence-electron chi connectivity index (χ3n) is 1.76. The molecule has 13 heavy (non-hydrogen) atoms. The third kappa shape index (κ3) is 1.27. The smallest absolute Gasteiger partial charge is 0.194 e. The van der Waals surface area contributed by atoms with Crippen LogP contribution in [0.15, 0.2) is 22.6 Å². The maximum Gasteiger partial charge on any atom is 0.194 e. The quantitative estimate of drug-likeness (QED) is 0.714. The lowest BCUT2D eigenvalue weighted by Crippen LogP contribution is -1.79. The molecule has 2 rings (SSSR count). The monoisotopic (exact) mass is 196 g/mol. The first-order valence-electron chi connectivity index (χ1n) is 3.58. The van der Waals surface area contributed by atoms with E-state index in [9.17, 15) is 9.90 Å². The van der Waals surface area contributed by atoms with Gasteiger partial charge < -0.3 is 9.52 Å². The molecular formula is C9H5ClO3. The van der Waals surface area contributed by atoms with Crippen molar-refractivity contribution in [1.82, 2.24) is 0 Å². The van der Waals surface area contributed by atoms with Crippen molar-refractivity contribution >= 4 is 28.9 Å². The third-order valence-corrected chi connectivity index (χ3v) is 1.95. The highest BCUT2D eigenvalue weighted by molar-refractivity contribution is 6.29. The van der Waals surface area contributed by atoms with Crippen molar-refractivity contribution in [3.63, 3.8) is 0 Å². The van der Waals surface area contributed by atoms with E-state index in [1.165, 1.54) is 12.1 Å². The fourth-order valence-electron chi connectivity index (χ4n) is 1.15. The number of phenolic OH excluding ortho intramolecular Hbond substituents is 1. The van der Waals surface area contributed by atoms with Crippen molar-refractivity contribution in [3.05, 3.63) is 29.0 Å². The normalized spacial score (nSPS) is 10.5. The Kier molecular flexibility index (Phi) is 1.74. The van der Waals surface area contributed by atoms with Gasteiger partial charge in [-0.05, 0) is 23.7 Å². The van der Waals surface area contributed by atoms with Crippen molar-refractivity contribution in [2.45, 2.75) is 0 Å². The summed E-state index contributed by atoms with van der Waals surface area (Å²) < 4.78 is 5.06. The molecular weight excluding hydrogens is 192 g/mol. The molecule has 0 atom stereocenters. The van der Waals surface area contributed by atoms with Gasteiger partial charge in [0.05, 0.1) is 5.56 Å². The Labute approximate surface area is 78.5 Å². The predicted molar refractivity (Wildman–Crippen MR) is 48.3 cm³/mol. The van der Waals surface area contributed by atoms with Crippen molar-refractivity contribution < 1.29 is 14.3 Å². The number of aldehydes is 1. The van der Waals surface area contributed by atoms with Gasteiger partial charge in [0, 0.05) is 11.5 Å². The molecule has 1 N–H and O–H groups in total. The lowest BCUT2D eigenvalue weighted by Gasteiger charge is -1.94. The Balaban J connectivity index is 2.79. The van der Waals surface area contributed by atoms with E-state index in [4.69, 9.17) is 16.0 Å². The maximum absolute atomic E-state index is 10.4. The number of furan rings is 1. The van der Waals surface area contributed by atoms with E-state index < -0.39 is 0 Å². The number of aromatic hydroxyl groups is 1. The predicted octanol–water partition coefficient (Wildman–Crippen LogP) is 2.60. The number of carbonyl (C=O) groups excluding carboxylic acids is 1. The summed E-state index contributed by atoms with van der Waals surface area (Å²) in [6.07, 6.45) is 0.561. The standard InChI is InChI=1S/C9H5ClO3/c10-9-3-5-1-7(12)6(4-11)2-8(5)13-9/h1-4,12H. The molecule has 0 spiro atoms. The zero-order chi connectivity index (χ0) is 9.42. The molecule has 0 aliphatic heterocycles. The van der Waals surface area contributed by atoms with Gasteiger partial charge >= 0.3 is 0 Å². The number of phenols is 1. The summed E-state index contributed by atoms with van der Waals surface area (Å²) in [6.45, 7) is 0. The second-order valence-corrected chi connectivity index (χ2v) is 2.99. The summed E-state index contributed by atoms with van der Waals surface area (Å²) in [5.74, 6) is -0.0695. The van der Waals surface area contributed by atoms with Gasteiger partial charge in [-0.3, -0.25) is 4.79 Å². The fraction of sp³-hybridized carbons (Fsp3) is 0. The first-order chi connectivity index (χ1) is 6.20. The molecule has 4 heteroatoms. The van der Waals surface area contributed by atoms with Gasteiger partial charge in [-0.25, -0.2) is 0 Å². The van der Waals surface area contributed by atoms with E-state index in [0.717, 1.165) is 0 Å². The highest BCUT2D eigenvalue weighted by Crippen LogP contribution is 2.28. The number of hydrogen-bond donors (Lipinski definition) is 1. The van der Waals surface area contributed by atoms with E-state index in [0.29, 0.717) is 17.3 Å². The van der Waals surface area contributed by atoms with Crippen LogP contribution in [0.5, 0.6) is 5.75 Å². The van der Waals surface area contributed by atoms with Crippen LogP contribution < -0.4 is 0 Å². The van der Waals surface area contributed by atoms with Crippen LogP contribution in [-0.4, -0.2) is 11.4 Å². The van der Waals surface area contributed by atoms with Gasteiger partial charge in [-0.15, -0.1) is 0 Å². The molecule has 3 nitrogen and oxygen atoms in total. The van der Waals surface area contributed by atoms with E-state index in [1.54, 1.807) is 6.07 Å². The van der Waals surface area contributed by atoms with Crippen LogP contribution in [-0.2, 0) is 0 Å². The minimum absolute atomic E-state index is 0.0695. The van der Waals surface area contributed by atoms with Crippen molar-refractivity contribution in [1.29, 1.82) is 0 Å². The molecule has 66 valence electrons. The number of fused-ring (bicyclic) bond motifs is 1. The average molecular weight is 197 g/mol. The Morgan fingerprint density at radius 1 is 1.38 bits per heavy atom. The summed E-state index contributed by atoms with van der Waals surface area (Å²) in [6, 6.07) is 4.46. The van der Waals surface area contributed by atoms with E-state index in [2.05, 4.69) is 0 Å². The molecule has 0 saturated heterocycles. The van der Waals surface area contributed by atoms with E-state index in [1.807, 2.05) is 0 Å². The Bertz CT molecular complexity index is 473. The van der Waals surface area contributed by atoms with E-state index in [-0.39, 0.29) is 16.5 Å². The summed E-state index contributed by atoms with van der Waals surface area (Å²) >= 11 is 5.59. The second kappa shape index (κ2) is 2.78. The first-order valence-corrected chi connectivity index (χ1v) is 3.96. The lowest BCUT2D eigenvalue weighted by atomic mass is 10.1. The van der Waals surface area contributed by atoms with Gasteiger partial charge in [0.1, 0.15) is 11.3 Å². The van der Waals surface area contributed by atoms with Crippen molar-refractivity contribution in [2.24, 2.45) is 0 Å². The molecule has 1 aromatic heterocycles. The Morgan fingerprint density at radius 3 is 2.85 bits per heavy atom. The van der Waals surface area contributed by atoms with E-state index >= 15 is 0 Å². The van der Waals surface area contributed by atoms with Gasteiger partial charge in [0.25, 0.3) is 0 Å². The molecule has 0 aliphatic rings. The largest absolute Gasteiger partial charge is 0.507 e. The molecule has 2 aromatic rings. The highest BCUT2D eigenvalue weighted by atomic mass is 35.5. The molecule has 1 aromatic carbocycles. The zero-order valence-corrected chi connectivity index (χ0v) is 7.21. The molecule has 1 heterocycles. The number of benzene rings is 1. The van der Waals surface area contributed by atoms with Gasteiger partial charge in [-0.1, -0.05) is 0 Å². The molecule has 0 amide bonds. The minimum Gasteiger partial charge on any atom is -0.507 e. The van der Waals surface area contributed by atoms with Gasteiger partial charge in [0.15, 0.2) is 11.5 Å². The highest BCUT2D eigenvalue weighted by Gasteiger charge is 2.06. The van der Waals surface area contributed by atoms with Crippen molar-refractivity contribution in [3.8, 4) is 5.75 Å². The average Bonchev–Trinajstić information content (AvgIpc) is 2.42. The Hall–Kier alpha value is -1.48. The van der Waals surface area contributed by atoms with Crippen LogP contribution in [0.1, 0.15) is 10.4 Å². The molecule has 0 saturated carbocycles. The molecule has 0 fully saturated rings. The lowest BCUT2D eigenvalue weighted by molar-refractivity contribution is 0.112. The number of halogens is 1. The zero-order valence-electron chi connectivity index (χ0n) is 6.45. The number of hydrogen-bond acceptors (Lipinski definition) is 3. The van der Waals surface area contributed by atoms with Crippen LogP contribution in [0.25, 0.3) is 11.0 Å². The van der Waals surface area contributed by atoms with Crippen LogP contribution in [0, 0.1) is 0 Å². The summed E-state index contributed by atoms with van der Waals surface area (Å²) in [5, 5.41) is 10.2. The first kappa shape index (κ1) is 8.13. The Morgan fingerprint density at radius 2 is 2.15 bits per heavy atom. The minimum atomic E-state index is -0.0695. The number of rotatable bonds is 1. The van der Waals surface area contributed by atoms with Crippen LogP contribution in [0.2, 0.25) is 5.22 Å². The van der Waals surface area contributed by atoms with Gasteiger partial charge in [0.2, 0.25) is 0 Å². The maximum atomic E-state index is 10.4. The second-order valence-electron chi connectivity index (χ2n) is 2.62.